The number of hydrogen-bond acceptors (Lipinski definition) is 3. The molecule has 3 aromatic rings. The summed E-state index contributed by atoms with van der Waals surface area (Å²) < 4.78 is 5.28. The molecule has 0 unspecified atom stereocenters. The molecule has 116 valence electrons. The Hall–Kier alpha value is -3.08. The second kappa shape index (κ2) is 6.79. The highest BCUT2D eigenvalue weighted by Crippen LogP contribution is 2.18. The molecule has 0 aliphatic rings. The fraction of sp³-hybridized carbons (Fsp3) is 0.111. The fourth-order valence-corrected chi connectivity index (χ4v) is 2.35. The average molecular weight is 308 g/mol. The molecule has 0 saturated heterocycles. The third kappa shape index (κ3) is 3.77. The van der Waals surface area contributed by atoms with Crippen molar-refractivity contribution in [2.75, 3.05) is 4.90 Å². The first-order valence-corrected chi connectivity index (χ1v) is 7.26. The standard InChI is InChI=1S/C18H16N2O3/c21-18(22)20(16-9-5-2-6-10-16)13-17-12-15(19-23-17)11-14-7-3-1-4-8-14/h1-10,12H,11,13H2,(H,21,22). The van der Waals surface area contributed by atoms with Crippen LogP contribution < -0.4 is 4.90 Å². The van der Waals surface area contributed by atoms with E-state index in [4.69, 9.17) is 4.52 Å². The molecular formula is C18H16N2O3. The van der Waals surface area contributed by atoms with Crippen molar-refractivity contribution in [1.29, 1.82) is 0 Å². The molecule has 1 N–H and O–H groups in total. The number of aromatic nitrogens is 1. The molecule has 1 aromatic heterocycles. The number of nitrogens with zero attached hydrogens (tertiary/aromatic N) is 2. The van der Waals surface area contributed by atoms with E-state index in [0.717, 1.165) is 11.3 Å². The summed E-state index contributed by atoms with van der Waals surface area (Å²) in [5.41, 5.74) is 2.51. The Kier molecular flexibility index (Phi) is 4.38. The summed E-state index contributed by atoms with van der Waals surface area (Å²) in [5.74, 6) is 0.516. The Balaban J connectivity index is 1.73. The number of carbonyl (C=O) groups is 1. The van der Waals surface area contributed by atoms with Gasteiger partial charge in [0.1, 0.15) is 0 Å². The first-order valence-electron chi connectivity index (χ1n) is 7.26. The summed E-state index contributed by atoms with van der Waals surface area (Å²) in [4.78, 5) is 12.7. The van der Waals surface area contributed by atoms with Crippen LogP contribution in [0.3, 0.4) is 0 Å². The van der Waals surface area contributed by atoms with Crippen molar-refractivity contribution in [2.45, 2.75) is 13.0 Å². The molecule has 5 heteroatoms. The van der Waals surface area contributed by atoms with E-state index in [1.807, 2.05) is 36.4 Å². The summed E-state index contributed by atoms with van der Waals surface area (Å²) in [7, 11) is 0. The van der Waals surface area contributed by atoms with E-state index < -0.39 is 6.09 Å². The lowest BCUT2D eigenvalue weighted by Gasteiger charge is -2.17. The summed E-state index contributed by atoms with van der Waals surface area (Å²) in [6.07, 6.45) is -0.375. The van der Waals surface area contributed by atoms with E-state index >= 15 is 0 Å². The van der Waals surface area contributed by atoms with E-state index in [-0.39, 0.29) is 6.54 Å². The molecule has 23 heavy (non-hydrogen) atoms. The van der Waals surface area contributed by atoms with Gasteiger partial charge in [0, 0.05) is 18.2 Å². The number of anilines is 1. The lowest BCUT2D eigenvalue weighted by Crippen LogP contribution is -2.28. The molecule has 0 aliphatic heterocycles. The average Bonchev–Trinajstić information content (AvgIpc) is 3.01. The molecule has 5 nitrogen and oxygen atoms in total. The van der Waals surface area contributed by atoms with Crippen LogP contribution in [0.5, 0.6) is 0 Å². The van der Waals surface area contributed by atoms with Gasteiger partial charge >= 0.3 is 6.09 Å². The van der Waals surface area contributed by atoms with E-state index in [9.17, 15) is 9.90 Å². The molecule has 0 atom stereocenters. The molecule has 2 aromatic carbocycles. The Morgan fingerprint density at radius 1 is 1.04 bits per heavy atom. The van der Waals surface area contributed by atoms with Crippen LogP contribution in [-0.2, 0) is 13.0 Å². The minimum Gasteiger partial charge on any atom is -0.465 e. The lowest BCUT2D eigenvalue weighted by atomic mass is 10.1. The van der Waals surface area contributed by atoms with E-state index in [0.29, 0.717) is 17.9 Å². The second-order valence-corrected chi connectivity index (χ2v) is 5.15. The van der Waals surface area contributed by atoms with Crippen LogP contribution >= 0.6 is 0 Å². The van der Waals surface area contributed by atoms with Gasteiger partial charge in [-0.25, -0.2) is 4.79 Å². The third-order valence-electron chi connectivity index (χ3n) is 3.45. The van der Waals surface area contributed by atoms with E-state index in [1.54, 1.807) is 30.3 Å². The maximum atomic E-state index is 11.5. The van der Waals surface area contributed by atoms with Crippen molar-refractivity contribution < 1.29 is 14.4 Å². The number of para-hydroxylation sites is 1. The summed E-state index contributed by atoms with van der Waals surface area (Å²) in [6, 6.07) is 20.7. The highest BCUT2D eigenvalue weighted by Gasteiger charge is 2.17. The molecule has 0 bridgehead atoms. The van der Waals surface area contributed by atoms with Gasteiger partial charge in [0.05, 0.1) is 12.2 Å². The molecule has 1 amide bonds. The van der Waals surface area contributed by atoms with E-state index in [1.165, 1.54) is 4.90 Å². The molecule has 0 fully saturated rings. The second-order valence-electron chi connectivity index (χ2n) is 5.15. The molecule has 0 spiro atoms. The Bertz CT molecular complexity index is 769. The highest BCUT2D eigenvalue weighted by atomic mass is 16.5. The van der Waals surface area contributed by atoms with Crippen LogP contribution in [0.1, 0.15) is 17.0 Å². The van der Waals surface area contributed by atoms with Gasteiger partial charge in [0.15, 0.2) is 5.76 Å². The van der Waals surface area contributed by atoms with Crippen LogP contribution in [0.15, 0.2) is 71.3 Å². The predicted molar refractivity (Wildman–Crippen MR) is 86.4 cm³/mol. The monoisotopic (exact) mass is 308 g/mol. The van der Waals surface area contributed by atoms with Gasteiger partial charge in [0.25, 0.3) is 0 Å². The van der Waals surface area contributed by atoms with Gasteiger partial charge in [-0.2, -0.15) is 0 Å². The first kappa shape index (κ1) is 14.8. The van der Waals surface area contributed by atoms with Crippen molar-refractivity contribution >= 4 is 11.8 Å². The Morgan fingerprint density at radius 3 is 2.35 bits per heavy atom. The fourth-order valence-electron chi connectivity index (χ4n) is 2.35. The van der Waals surface area contributed by atoms with Crippen molar-refractivity contribution in [1.82, 2.24) is 5.16 Å². The van der Waals surface area contributed by atoms with Gasteiger partial charge in [-0.05, 0) is 17.7 Å². The quantitative estimate of drug-likeness (QED) is 0.775. The predicted octanol–water partition coefficient (Wildman–Crippen LogP) is 3.95. The van der Waals surface area contributed by atoms with Gasteiger partial charge in [-0.15, -0.1) is 0 Å². The van der Waals surface area contributed by atoms with Gasteiger partial charge in [-0.1, -0.05) is 53.7 Å². The third-order valence-corrected chi connectivity index (χ3v) is 3.45. The molecule has 1 heterocycles. The maximum absolute atomic E-state index is 11.5. The number of benzene rings is 2. The smallest absolute Gasteiger partial charge is 0.412 e. The van der Waals surface area contributed by atoms with E-state index in [2.05, 4.69) is 5.16 Å². The van der Waals surface area contributed by atoms with Crippen LogP contribution in [0.25, 0.3) is 0 Å². The molecule has 0 aliphatic carbocycles. The summed E-state index contributed by atoms with van der Waals surface area (Å²) in [5, 5.41) is 13.4. The lowest BCUT2D eigenvalue weighted by molar-refractivity contribution is 0.200. The summed E-state index contributed by atoms with van der Waals surface area (Å²) >= 11 is 0. The number of rotatable bonds is 5. The topological polar surface area (TPSA) is 66.6 Å². The Morgan fingerprint density at radius 2 is 1.70 bits per heavy atom. The zero-order valence-electron chi connectivity index (χ0n) is 12.4. The highest BCUT2D eigenvalue weighted by molar-refractivity contribution is 5.85. The van der Waals surface area contributed by atoms with Gasteiger partial charge in [-0.3, -0.25) is 4.90 Å². The first-order chi connectivity index (χ1) is 11.2. The largest absolute Gasteiger partial charge is 0.465 e. The number of amides is 1. The Labute approximate surface area is 133 Å². The zero-order chi connectivity index (χ0) is 16.1. The van der Waals surface area contributed by atoms with Gasteiger partial charge < -0.3 is 9.63 Å². The minimum atomic E-state index is -1.03. The van der Waals surface area contributed by atoms with Crippen LogP contribution in [-0.4, -0.2) is 16.4 Å². The zero-order valence-corrected chi connectivity index (χ0v) is 12.4. The van der Waals surface area contributed by atoms with Crippen LogP contribution in [0.2, 0.25) is 0 Å². The van der Waals surface area contributed by atoms with Crippen molar-refractivity contribution in [3.05, 3.63) is 83.7 Å². The molecule has 0 saturated carbocycles. The molecule has 0 radical (unpaired) electrons. The van der Waals surface area contributed by atoms with Crippen molar-refractivity contribution in [2.24, 2.45) is 0 Å². The minimum absolute atomic E-state index is 0.126. The SMILES string of the molecule is O=C(O)N(Cc1cc(Cc2ccccc2)no1)c1ccccc1. The maximum Gasteiger partial charge on any atom is 0.412 e. The van der Waals surface area contributed by atoms with Crippen molar-refractivity contribution in [3.63, 3.8) is 0 Å². The number of carboxylic acid groups (broad SMARTS) is 1. The molecular weight excluding hydrogens is 292 g/mol. The van der Waals surface area contributed by atoms with Crippen molar-refractivity contribution in [3.8, 4) is 0 Å². The number of hydrogen-bond donors (Lipinski definition) is 1. The molecule has 3 rings (SSSR count). The van der Waals surface area contributed by atoms with Crippen LogP contribution in [0, 0.1) is 0 Å². The van der Waals surface area contributed by atoms with Crippen LogP contribution in [0.4, 0.5) is 10.5 Å². The normalized spacial score (nSPS) is 10.4. The summed E-state index contributed by atoms with van der Waals surface area (Å²) in [6.45, 7) is 0.126. The van der Waals surface area contributed by atoms with Gasteiger partial charge in [0.2, 0.25) is 0 Å².